The van der Waals surface area contributed by atoms with Gasteiger partial charge in [-0.2, -0.15) is 0 Å². The maximum absolute atomic E-state index is 12.6. The van der Waals surface area contributed by atoms with Gasteiger partial charge in [0, 0.05) is 19.6 Å². The monoisotopic (exact) mass is 411 g/mol. The van der Waals surface area contributed by atoms with Gasteiger partial charge in [-0.3, -0.25) is 9.59 Å². The largest absolute Gasteiger partial charge is 0.452 e. The molecule has 0 radical (unpaired) electrons. The number of benzene rings is 1. The van der Waals surface area contributed by atoms with E-state index in [1.807, 2.05) is 11.8 Å². The van der Waals surface area contributed by atoms with E-state index in [9.17, 15) is 14.4 Å². The zero-order valence-corrected chi connectivity index (χ0v) is 17.7. The lowest BCUT2D eigenvalue weighted by Gasteiger charge is -2.41. The summed E-state index contributed by atoms with van der Waals surface area (Å²) in [6, 6.07) is 4.94. The molecular weight excluding hydrogens is 382 g/mol. The van der Waals surface area contributed by atoms with Crippen molar-refractivity contribution < 1.29 is 14.3 Å². The zero-order valence-electron chi connectivity index (χ0n) is 17.7. The molecular formula is C23H29N3O4. The van der Waals surface area contributed by atoms with Gasteiger partial charge in [-0.05, 0) is 56.7 Å². The number of hydrogen-bond donors (Lipinski definition) is 0. The van der Waals surface area contributed by atoms with Gasteiger partial charge in [-0.25, -0.2) is 9.78 Å². The van der Waals surface area contributed by atoms with E-state index in [0.717, 1.165) is 25.4 Å². The fourth-order valence-electron chi connectivity index (χ4n) is 4.94. The number of amides is 1. The molecule has 1 saturated heterocycles. The Balaban J connectivity index is 1.41. The van der Waals surface area contributed by atoms with Gasteiger partial charge in [-0.1, -0.05) is 19.3 Å². The summed E-state index contributed by atoms with van der Waals surface area (Å²) in [5, 5.41) is 0. The highest BCUT2D eigenvalue weighted by atomic mass is 16.5. The minimum Gasteiger partial charge on any atom is -0.452 e. The highest BCUT2D eigenvalue weighted by molar-refractivity contribution is 5.94. The summed E-state index contributed by atoms with van der Waals surface area (Å²) in [5.41, 5.74) is 1.82. The van der Waals surface area contributed by atoms with E-state index in [0.29, 0.717) is 34.8 Å². The molecule has 1 aliphatic heterocycles. The molecule has 1 aromatic heterocycles. The summed E-state index contributed by atoms with van der Waals surface area (Å²) in [6.07, 6.45) is 6.09. The first-order chi connectivity index (χ1) is 14.5. The van der Waals surface area contributed by atoms with Crippen molar-refractivity contribution in [1.29, 1.82) is 0 Å². The first kappa shape index (κ1) is 20.6. The molecule has 2 aromatic rings. The van der Waals surface area contributed by atoms with E-state index >= 15 is 0 Å². The van der Waals surface area contributed by atoms with Gasteiger partial charge < -0.3 is 14.2 Å². The number of fused-ring (bicyclic) bond motifs is 2. The molecule has 0 N–H and O–H groups in total. The van der Waals surface area contributed by atoms with Crippen LogP contribution in [0.2, 0.25) is 0 Å². The topological polar surface area (TPSA) is 81.5 Å². The minimum atomic E-state index is -0.550. The number of ether oxygens (including phenoxy) is 1. The van der Waals surface area contributed by atoms with Gasteiger partial charge in [0.15, 0.2) is 6.61 Å². The third-order valence-corrected chi connectivity index (χ3v) is 6.63. The molecule has 30 heavy (non-hydrogen) atoms. The second-order valence-corrected chi connectivity index (χ2v) is 8.46. The number of aromatic nitrogens is 2. The van der Waals surface area contributed by atoms with Crippen LogP contribution in [0.15, 0.2) is 23.0 Å². The Bertz CT molecular complexity index is 1030. The number of carbonyl (C=O) groups excluding carboxylic acids is 2. The predicted octanol–water partition coefficient (Wildman–Crippen LogP) is 2.92. The standard InChI is InChI=1S/C23H29N3O4/c1-3-26-20-9-8-17(12-19(20)24-15(2)22(26)28)23(29)30-14-21(27)25-11-10-16-6-4-5-7-18(16)13-25/h8-9,12,16,18H,3-7,10-11,13-14H2,1-2H3/t16-,18+/m0/s1. The van der Waals surface area contributed by atoms with Crippen molar-refractivity contribution in [2.75, 3.05) is 19.7 Å². The van der Waals surface area contributed by atoms with Crippen LogP contribution in [-0.2, 0) is 16.1 Å². The van der Waals surface area contributed by atoms with Crippen LogP contribution < -0.4 is 5.56 Å². The van der Waals surface area contributed by atoms with Crippen LogP contribution in [0.5, 0.6) is 0 Å². The summed E-state index contributed by atoms with van der Waals surface area (Å²) in [7, 11) is 0. The lowest BCUT2D eigenvalue weighted by atomic mass is 9.75. The number of esters is 1. The second-order valence-electron chi connectivity index (χ2n) is 8.46. The first-order valence-corrected chi connectivity index (χ1v) is 10.9. The Hall–Kier alpha value is -2.70. The predicted molar refractivity (Wildman–Crippen MR) is 113 cm³/mol. The Kier molecular flexibility index (Phi) is 5.88. The quantitative estimate of drug-likeness (QED) is 0.723. The number of piperidine rings is 1. The summed E-state index contributed by atoms with van der Waals surface area (Å²) in [5.74, 6) is 0.672. The Morgan fingerprint density at radius 3 is 2.70 bits per heavy atom. The number of aryl methyl sites for hydroxylation is 2. The van der Waals surface area contributed by atoms with Gasteiger partial charge >= 0.3 is 5.97 Å². The third-order valence-electron chi connectivity index (χ3n) is 6.63. The number of rotatable bonds is 4. The first-order valence-electron chi connectivity index (χ1n) is 10.9. The van der Waals surface area contributed by atoms with Gasteiger partial charge in [0.2, 0.25) is 0 Å². The smallest absolute Gasteiger partial charge is 0.338 e. The van der Waals surface area contributed by atoms with Gasteiger partial charge in [0.05, 0.1) is 16.6 Å². The molecule has 0 unspecified atom stereocenters. The lowest BCUT2D eigenvalue weighted by Crippen LogP contribution is -2.46. The van der Waals surface area contributed by atoms with Crippen LogP contribution in [0.4, 0.5) is 0 Å². The summed E-state index contributed by atoms with van der Waals surface area (Å²) < 4.78 is 6.94. The average molecular weight is 412 g/mol. The van der Waals surface area contributed by atoms with Crippen LogP contribution in [-0.4, -0.2) is 46.0 Å². The molecule has 7 nitrogen and oxygen atoms in total. The molecule has 2 aliphatic rings. The number of carbonyl (C=O) groups is 2. The van der Waals surface area contributed by atoms with E-state index in [1.165, 1.54) is 25.7 Å². The maximum Gasteiger partial charge on any atom is 0.338 e. The van der Waals surface area contributed by atoms with Crippen molar-refractivity contribution in [1.82, 2.24) is 14.5 Å². The fraction of sp³-hybridized carbons (Fsp3) is 0.565. The number of hydrogen-bond acceptors (Lipinski definition) is 5. The van der Waals surface area contributed by atoms with Crippen LogP contribution in [0.3, 0.4) is 0 Å². The van der Waals surface area contributed by atoms with E-state index < -0.39 is 5.97 Å². The molecule has 1 aliphatic carbocycles. The molecule has 7 heteroatoms. The third kappa shape index (κ3) is 3.98. The van der Waals surface area contributed by atoms with Crippen molar-refractivity contribution >= 4 is 22.9 Å². The molecule has 160 valence electrons. The van der Waals surface area contributed by atoms with Gasteiger partial charge in [0.1, 0.15) is 5.69 Å². The lowest BCUT2D eigenvalue weighted by molar-refractivity contribution is -0.137. The molecule has 2 fully saturated rings. The SMILES string of the molecule is CCn1c(=O)c(C)nc2cc(C(=O)OCC(=O)N3CC[C@@H]4CCCC[C@@H]4C3)ccc21. The van der Waals surface area contributed by atoms with E-state index in [-0.39, 0.29) is 18.1 Å². The number of likely N-dealkylation sites (tertiary alicyclic amines) is 1. The van der Waals surface area contributed by atoms with E-state index in [1.54, 1.807) is 29.7 Å². The molecule has 2 atom stereocenters. The molecule has 1 aromatic carbocycles. The van der Waals surface area contributed by atoms with Crippen molar-refractivity contribution in [2.45, 2.75) is 52.5 Å². The van der Waals surface area contributed by atoms with Crippen LogP contribution >= 0.6 is 0 Å². The number of nitrogens with zero attached hydrogens (tertiary/aromatic N) is 3. The fourth-order valence-corrected chi connectivity index (χ4v) is 4.94. The Labute approximate surface area is 176 Å². The molecule has 4 rings (SSSR count). The summed E-state index contributed by atoms with van der Waals surface area (Å²) in [6.45, 7) is 5.38. The zero-order chi connectivity index (χ0) is 21.3. The van der Waals surface area contributed by atoms with Gasteiger partial charge in [-0.15, -0.1) is 0 Å². The molecule has 1 amide bonds. The molecule has 0 bridgehead atoms. The highest BCUT2D eigenvalue weighted by Crippen LogP contribution is 2.36. The van der Waals surface area contributed by atoms with Crippen molar-refractivity contribution in [3.05, 3.63) is 39.8 Å². The van der Waals surface area contributed by atoms with Crippen LogP contribution in [0.25, 0.3) is 11.0 Å². The normalized spacial score (nSPS) is 21.3. The summed E-state index contributed by atoms with van der Waals surface area (Å²) >= 11 is 0. The van der Waals surface area contributed by atoms with Crippen LogP contribution in [0.1, 0.15) is 55.1 Å². The van der Waals surface area contributed by atoms with Crippen molar-refractivity contribution in [3.8, 4) is 0 Å². The van der Waals surface area contributed by atoms with Crippen molar-refractivity contribution in [2.24, 2.45) is 11.8 Å². The molecule has 0 spiro atoms. The second kappa shape index (κ2) is 8.58. The highest BCUT2D eigenvalue weighted by Gasteiger charge is 2.33. The average Bonchev–Trinajstić information content (AvgIpc) is 2.77. The maximum atomic E-state index is 12.6. The molecule has 1 saturated carbocycles. The molecule has 2 heterocycles. The van der Waals surface area contributed by atoms with E-state index in [2.05, 4.69) is 4.98 Å². The summed E-state index contributed by atoms with van der Waals surface area (Å²) in [4.78, 5) is 43.5. The Morgan fingerprint density at radius 2 is 1.93 bits per heavy atom. The van der Waals surface area contributed by atoms with Gasteiger partial charge in [0.25, 0.3) is 11.5 Å². The Morgan fingerprint density at radius 1 is 1.17 bits per heavy atom. The van der Waals surface area contributed by atoms with Crippen LogP contribution in [0, 0.1) is 18.8 Å². The van der Waals surface area contributed by atoms with Crippen molar-refractivity contribution in [3.63, 3.8) is 0 Å². The van der Waals surface area contributed by atoms with E-state index in [4.69, 9.17) is 4.74 Å². The minimum absolute atomic E-state index is 0.123.